The molecule has 7 rings (SSSR count). The summed E-state index contributed by atoms with van der Waals surface area (Å²) in [5.41, 5.74) is 6.90. The minimum Gasteiger partial charge on any atom is -0.378 e. The number of thiophene rings is 1. The van der Waals surface area contributed by atoms with Crippen molar-refractivity contribution in [3.05, 3.63) is 66.0 Å². The number of aryl methyl sites for hydroxylation is 1. The van der Waals surface area contributed by atoms with E-state index in [9.17, 15) is 4.79 Å². The van der Waals surface area contributed by atoms with Gasteiger partial charge >= 0.3 is 0 Å². The van der Waals surface area contributed by atoms with Crippen LogP contribution in [0.4, 0.5) is 10.8 Å². The molecule has 0 aliphatic carbocycles. The fourth-order valence-electron chi connectivity index (χ4n) is 5.28. The first kappa shape index (κ1) is 24.5. The van der Waals surface area contributed by atoms with E-state index in [4.69, 9.17) is 19.9 Å². The van der Waals surface area contributed by atoms with Gasteiger partial charge in [0.2, 0.25) is 0 Å². The molecule has 12 heteroatoms. The summed E-state index contributed by atoms with van der Waals surface area (Å²) in [5.74, 6) is 1.03. The lowest BCUT2D eigenvalue weighted by atomic mass is 10.1. The molecule has 4 aromatic heterocycles. The fourth-order valence-corrected chi connectivity index (χ4v) is 6.29. The molecular weight excluding hydrogens is 528 g/mol. The number of morpholine rings is 1. The molecule has 11 nitrogen and oxygen atoms in total. The lowest BCUT2D eigenvalue weighted by Crippen LogP contribution is -2.36. The number of rotatable bonds is 6. The van der Waals surface area contributed by atoms with Crippen LogP contribution in [0.25, 0.3) is 43.4 Å². The van der Waals surface area contributed by atoms with E-state index in [0.717, 1.165) is 67.1 Å². The van der Waals surface area contributed by atoms with Crippen LogP contribution in [0.5, 0.6) is 0 Å². The normalized spacial score (nSPS) is 13.9. The van der Waals surface area contributed by atoms with Crippen molar-refractivity contribution in [3.8, 4) is 11.4 Å². The Morgan fingerprint density at radius 2 is 2.02 bits per heavy atom. The zero-order valence-corrected chi connectivity index (χ0v) is 22.5. The van der Waals surface area contributed by atoms with Gasteiger partial charge in [-0.1, -0.05) is 12.1 Å². The minimum absolute atomic E-state index is 0.398. The average Bonchev–Trinajstić information content (AvgIpc) is 3.72. The van der Waals surface area contributed by atoms with Crippen LogP contribution in [0.15, 0.2) is 54.9 Å². The minimum atomic E-state index is -0.537. The molecule has 0 atom stereocenters. The first-order chi connectivity index (χ1) is 19.6. The highest BCUT2D eigenvalue weighted by atomic mass is 32.1. The first-order valence-electron chi connectivity index (χ1n) is 12.9. The van der Waals surface area contributed by atoms with Gasteiger partial charge in [-0.05, 0) is 35.9 Å². The number of anilines is 2. The molecule has 202 valence electrons. The molecule has 0 bridgehead atoms. The number of carbonyl (C=O) groups is 1. The molecule has 0 unspecified atom stereocenters. The third-order valence-electron chi connectivity index (χ3n) is 7.28. The van der Waals surface area contributed by atoms with E-state index in [2.05, 4.69) is 26.5 Å². The zero-order valence-electron chi connectivity index (χ0n) is 21.6. The maximum absolute atomic E-state index is 12.0. The van der Waals surface area contributed by atoms with Crippen LogP contribution in [-0.4, -0.2) is 62.2 Å². The number of H-pyrrole nitrogens is 1. The SMILES string of the molecule is Cn1cc(CNc2cc3nc(-c4cccc5[nH]ncc45)nc(N4CCOCC4)c3s2)c2cc(C(=O)NO)ccc21. The lowest BCUT2D eigenvalue weighted by Gasteiger charge is -2.28. The molecule has 5 heterocycles. The van der Waals surface area contributed by atoms with E-state index in [1.165, 1.54) is 0 Å². The number of aromatic nitrogens is 5. The summed E-state index contributed by atoms with van der Waals surface area (Å²) in [6.45, 7) is 3.40. The molecule has 0 spiro atoms. The second-order valence-corrected chi connectivity index (χ2v) is 10.8. The number of ether oxygens (including phenoxy) is 1. The van der Waals surface area contributed by atoms with E-state index in [-0.39, 0.29) is 0 Å². The zero-order chi connectivity index (χ0) is 27.2. The van der Waals surface area contributed by atoms with Crippen LogP contribution in [0.2, 0.25) is 0 Å². The van der Waals surface area contributed by atoms with Gasteiger partial charge in [0, 0.05) is 60.3 Å². The van der Waals surface area contributed by atoms with Crippen molar-refractivity contribution in [3.63, 3.8) is 0 Å². The van der Waals surface area contributed by atoms with Crippen molar-refractivity contribution < 1.29 is 14.7 Å². The highest BCUT2D eigenvalue weighted by Gasteiger charge is 2.21. The Bertz CT molecular complexity index is 1890. The monoisotopic (exact) mass is 554 g/mol. The van der Waals surface area contributed by atoms with E-state index < -0.39 is 5.91 Å². The number of hydrogen-bond acceptors (Lipinski definition) is 9. The van der Waals surface area contributed by atoms with Gasteiger partial charge < -0.3 is 19.5 Å². The van der Waals surface area contributed by atoms with E-state index in [1.807, 2.05) is 48.3 Å². The standard InChI is InChI=1S/C28H26N8O3S/c1-35-15-17(19-11-16(28(37)34-38)5-6-23(19)35)13-29-24-12-22-25(40-24)27(36-7-9-39-10-8-36)32-26(31-22)18-3-2-4-21-20(18)14-30-33-21/h2-6,11-12,14-15,29,38H,7-10,13H2,1H3,(H,30,33)(H,34,37). The number of benzene rings is 2. The van der Waals surface area contributed by atoms with Crippen molar-refractivity contribution in [2.24, 2.45) is 7.05 Å². The maximum Gasteiger partial charge on any atom is 0.274 e. The molecule has 6 aromatic rings. The van der Waals surface area contributed by atoms with Gasteiger partial charge in [0.1, 0.15) is 0 Å². The summed E-state index contributed by atoms with van der Waals surface area (Å²) >= 11 is 1.63. The molecule has 0 saturated carbocycles. The van der Waals surface area contributed by atoms with Crippen molar-refractivity contribution >= 4 is 60.1 Å². The number of nitrogens with one attached hydrogen (secondary N) is 3. The van der Waals surface area contributed by atoms with Gasteiger partial charge in [0.25, 0.3) is 5.91 Å². The number of hydroxylamine groups is 1. The summed E-state index contributed by atoms with van der Waals surface area (Å²) in [5, 5.41) is 22.8. The number of fused-ring (bicyclic) bond motifs is 3. The second kappa shape index (κ2) is 9.90. The Kier molecular flexibility index (Phi) is 6.07. The third kappa shape index (κ3) is 4.22. The number of carbonyl (C=O) groups excluding carboxylic acids is 1. The number of amides is 1. The van der Waals surface area contributed by atoms with Crippen molar-refractivity contribution in [2.45, 2.75) is 6.54 Å². The highest BCUT2D eigenvalue weighted by molar-refractivity contribution is 7.23. The average molecular weight is 555 g/mol. The first-order valence-corrected chi connectivity index (χ1v) is 13.7. The van der Waals surface area contributed by atoms with Gasteiger partial charge in [-0.2, -0.15) is 5.10 Å². The molecule has 40 heavy (non-hydrogen) atoms. The van der Waals surface area contributed by atoms with Crippen LogP contribution < -0.4 is 15.7 Å². The summed E-state index contributed by atoms with van der Waals surface area (Å²) in [4.78, 5) is 24.3. The van der Waals surface area contributed by atoms with Gasteiger partial charge in [-0.3, -0.25) is 15.1 Å². The van der Waals surface area contributed by atoms with Crippen LogP contribution in [-0.2, 0) is 18.3 Å². The van der Waals surface area contributed by atoms with E-state index in [0.29, 0.717) is 31.1 Å². The van der Waals surface area contributed by atoms with Crippen LogP contribution in [0.3, 0.4) is 0 Å². The fraction of sp³-hybridized carbons (Fsp3) is 0.214. The topological polar surface area (TPSA) is 133 Å². The Balaban J connectivity index is 1.27. The quantitative estimate of drug-likeness (QED) is 0.177. The molecular formula is C28H26N8O3S. The Morgan fingerprint density at radius 3 is 2.88 bits per heavy atom. The lowest BCUT2D eigenvalue weighted by molar-refractivity contribution is 0.0706. The Morgan fingerprint density at radius 1 is 1.15 bits per heavy atom. The molecule has 1 aliphatic heterocycles. The van der Waals surface area contributed by atoms with Crippen LogP contribution in [0, 0.1) is 0 Å². The molecule has 1 amide bonds. The summed E-state index contributed by atoms with van der Waals surface area (Å²) in [6.07, 6.45) is 3.86. The summed E-state index contributed by atoms with van der Waals surface area (Å²) < 4.78 is 8.66. The molecule has 1 fully saturated rings. The number of hydrogen-bond donors (Lipinski definition) is 4. The smallest absolute Gasteiger partial charge is 0.274 e. The van der Waals surface area contributed by atoms with Crippen LogP contribution >= 0.6 is 11.3 Å². The van der Waals surface area contributed by atoms with Crippen molar-refractivity contribution in [2.75, 3.05) is 36.5 Å². The maximum atomic E-state index is 12.0. The molecule has 0 radical (unpaired) electrons. The predicted molar refractivity (Wildman–Crippen MR) is 155 cm³/mol. The van der Waals surface area contributed by atoms with Crippen molar-refractivity contribution in [1.29, 1.82) is 0 Å². The predicted octanol–water partition coefficient (Wildman–Crippen LogP) is 4.29. The molecule has 1 saturated heterocycles. The molecule has 2 aromatic carbocycles. The summed E-state index contributed by atoms with van der Waals surface area (Å²) in [7, 11) is 1.98. The highest BCUT2D eigenvalue weighted by Crippen LogP contribution is 2.38. The van der Waals surface area contributed by atoms with Crippen molar-refractivity contribution in [1.82, 2.24) is 30.2 Å². The van der Waals surface area contributed by atoms with E-state index in [1.54, 1.807) is 28.9 Å². The van der Waals surface area contributed by atoms with Gasteiger partial charge in [0.15, 0.2) is 11.6 Å². The van der Waals surface area contributed by atoms with Crippen LogP contribution in [0.1, 0.15) is 15.9 Å². The Hall–Kier alpha value is -4.52. The molecule has 4 N–H and O–H groups in total. The van der Waals surface area contributed by atoms with E-state index >= 15 is 0 Å². The van der Waals surface area contributed by atoms with Gasteiger partial charge in [-0.25, -0.2) is 15.4 Å². The number of aromatic amines is 1. The van der Waals surface area contributed by atoms with Gasteiger partial charge in [0.05, 0.1) is 40.1 Å². The largest absolute Gasteiger partial charge is 0.378 e. The second-order valence-electron chi connectivity index (χ2n) is 9.72. The van der Waals surface area contributed by atoms with Gasteiger partial charge in [-0.15, -0.1) is 11.3 Å². The third-order valence-corrected chi connectivity index (χ3v) is 8.36. The summed E-state index contributed by atoms with van der Waals surface area (Å²) in [6, 6.07) is 13.5. The Labute approximate surface area is 232 Å². The number of nitrogens with zero attached hydrogens (tertiary/aromatic N) is 5. The molecule has 1 aliphatic rings.